The predicted octanol–water partition coefficient (Wildman–Crippen LogP) is 9.72. The van der Waals surface area contributed by atoms with E-state index in [-0.39, 0.29) is 11.7 Å². The molecule has 0 saturated heterocycles. The molecule has 0 bridgehead atoms. The highest BCUT2D eigenvalue weighted by Crippen LogP contribution is 2.46. The van der Waals surface area contributed by atoms with Crippen molar-refractivity contribution in [3.8, 4) is 11.5 Å². The molecule has 0 unspecified atom stereocenters. The minimum Gasteiger partial charge on any atom is -0.494 e. The minimum atomic E-state index is -3.72. The average molecular weight is 525 g/mol. The van der Waals surface area contributed by atoms with Gasteiger partial charge in [-0.25, -0.2) is 0 Å². The number of hydrogen-bond donors (Lipinski definition) is 0. The van der Waals surface area contributed by atoms with Crippen molar-refractivity contribution in [3.63, 3.8) is 0 Å². The number of rotatable bonds is 9. The van der Waals surface area contributed by atoms with E-state index in [1.165, 1.54) is 77.4 Å². The molecule has 1 aromatic rings. The highest BCUT2D eigenvalue weighted by molar-refractivity contribution is 5.35. The third kappa shape index (κ3) is 7.44. The first-order valence-electron chi connectivity index (χ1n) is 14.6. The number of hydrogen-bond acceptors (Lipinski definition) is 2. The SMILES string of the molecule is CCCC1CCC(C2CCC(C3CCC(C=CC(F)(F)Oc4ccc(OC)c(F)c4F)CC3)CC2)CC1. The molecule has 0 radical (unpaired) electrons. The highest BCUT2D eigenvalue weighted by atomic mass is 19.3. The molecule has 6 heteroatoms. The summed E-state index contributed by atoms with van der Waals surface area (Å²) in [5.74, 6) is 0.390. The lowest BCUT2D eigenvalue weighted by molar-refractivity contribution is -0.134. The molecule has 2 nitrogen and oxygen atoms in total. The second-order valence-electron chi connectivity index (χ2n) is 11.8. The number of methoxy groups -OCH3 is 1. The molecule has 0 heterocycles. The lowest BCUT2D eigenvalue weighted by Crippen LogP contribution is -2.29. The molecule has 0 N–H and O–H groups in total. The summed E-state index contributed by atoms with van der Waals surface area (Å²) in [6, 6.07) is 2.02. The van der Waals surface area contributed by atoms with Gasteiger partial charge < -0.3 is 9.47 Å². The van der Waals surface area contributed by atoms with E-state index in [4.69, 9.17) is 0 Å². The molecule has 3 aliphatic carbocycles. The Balaban J connectivity index is 1.19. The minimum absolute atomic E-state index is 0.0674. The van der Waals surface area contributed by atoms with Gasteiger partial charge in [0.05, 0.1) is 7.11 Å². The Kier molecular flexibility index (Phi) is 9.85. The molecule has 1 aromatic carbocycles. The summed E-state index contributed by atoms with van der Waals surface area (Å²) in [4.78, 5) is 0. The van der Waals surface area contributed by atoms with Crippen LogP contribution in [0.15, 0.2) is 24.3 Å². The zero-order valence-electron chi connectivity index (χ0n) is 22.5. The van der Waals surface area contributed by atoms with Gasteiger partial charge in [-0.2, -0.15) is 17.6 Å². The van der Waals surface area contributed by atoms with Gasteiger partial charge in [0.1, 0.15) is 0 Å². The van der Waals surface area contributed by atoms with Gasteiger partial charge in [0.2, 0.25) is 11.6 Å². The van der Waals surface area contributed by atoms with E-state index in [0.717, 1.165) is 61.5 Å². The van der Waals surface area contributed by atoms with Crippen LogP contribution in [0.25, 0.3) is 0 Å². The fourth-order valence-electron chi connectivity index (χ4n) is 7.43. The zero-order chi connectivity index (χ0) is 26.4. The van der Waals surface area contributed by atoms with E-state index in [1.807, 2.05) is 0 Å². The van der Waals surface area contributed by atoms with E-state index >= 15 is 0 Å². The smallest absolute Gasteiger partial charge is 0.419 e. The summed E-state index contributed by atoms with van der Waals surface area (Å²) in [6.45, 7) is 2.30. The van der Waals surface area contributed by atoms with E-state index in [1.54, 1.807) is 0 Å². The van der Waals surface area contributed by atoms with E-state index in [9.17, 15) is 17.6 Å². The van der Waals surface area contributed by atoms with Crippen molar-refractivity contribution in [2.75, 3.05) is 7.11 Å². The Bertz CT molecular complexity index is 877. The van der Waals surface area contributed by atoms with Crippen LogP contribution < -0.4 is 9.47 Å². The number of halogens is 4. The zero-order valence-corrected chi connectivity index (χ0v) is 22.5. The quantitative estimate of drug-likeness (QED) is 0.236. The predicted molar refractivity (Wildman–Crippen MR) is 139 cm³/mol. The topological polar surface area (TPSA) is 18.5 Å². The fourth-order valence-corrected chi connectivity index (χ4v) is 7.43. The monoisotopic (exact) mass is 524 g/mol. The Morgan fingerprint density at radius 2 is 1.22 bits per heavy atom. The van der Waals surface area contributed by atoms with Crippen LogP contribution in [0.4, 0.5) is 17.6 Å². The molecule has 0 aliphatic heterocycles. The summed E-state index contributed by atoms with van der Waals surface area (Å²) >= 11 is 0. The van der Waals surface area contributed by atoms with Crippen LogP contribution in [0.1, 0.15) is 96.8 Å². The third-order valence-electron chi connectivity index (χ3n) is 9.59. The first-order valence-corrected chi connectivity index (χ1v) is 14.6. The second-order valence-corrected chi connectivity index (χ2v) is 11.8. The maximum absolute atomic E-state index is 14.3. The molecule has 0 spiro atoms. The van der Waals surface area contributed by atoms with Gasteiger partial charge in [0.25, 0.3) is 0 Å². The number of alkyl halides is 2. The van der Waals surface area contributed by atoms with Crippen molar-refractivity contribution >= 4 is 0 Å². The summed E-state index contributed by atoms with van der Waals surface area (Å²) in [5.41, 5.74) is 0. The first-order chi connectivity index (χ1) is 17.8. The molecule has 0 amide bonds. The van der Waals surface area contributed by atoms with Crippen LogP contribution in [-0.2, 0) is 0 Å². The van der Waals surface area contributed by atoms with Gasteiger partial charge in [-0.15, -0.1) is 0 Å². The molecule has 3 aliphatic rings. The van der Waals surface area contributed by atoms with Crippen LogP contribution in [0.3, 0.4) is 0 Å². The summed E-state index contributed by atoms with van der Waals surface area (Å²) < 4.78 is 65.7. The lowest BCUT2D eigenvalue weighted by atomic mass is 9.65. The largest absolute Gasteiger partial charge is 0.494 e. The van der Waals surface area contributed by atoms with Gasteiger partial charge in [0, 0.05) is 6.08 Å². The van der Waals surface area contributed by atoms with E-state index < -0.39 is 23.5 Å². The van der Waals surface area contributed by atoms with Crippen molar-refractivity contribution in [1.82, 2.24) is 0 Å². The Hall–Kier alpha value is -1.72. The van der Waals surface area contributed by atoms with Gasteiger partial charge in [-0.1, -0.05) is 38.7 Å². The van der Waals surface area contributed by atoms with Crippen LogP contribution in [-0.4, -0.2) is 13.2 Å². The molecule has 208 valence electrons. The second kappa shape index (κ2) is 12.9. The Morgan fingerprint density at radius 1 is 0.757 bits per heavy atom. The third-order valence-corrected chi connectivity index (χ3v) is 9.59. The van der Waals surface area contributed by atoms with Crippen molar-refractivity contribution in [2.45, 2.75) is 103 Å². The normalized spacial score (nSPS) is 31.4. The first kappa shape index (κ1) is 28.3. The summed E-state index contributed by atoms with van der Waals surface area (Å²) in [5, 5.41) is 0. The van der Waals surface area contributed by atoms with Crippen LogP contribution in [0.2, 0.25) is 0 Å². The van der Waals surface area contributed by atoms with Crippen molar-refractivity contribution < 1.29 is 27.0 Å². The molecule has 0 aromatic heterocycles. The molecule has 0 atom stereocenters. The molecule has 3 saturated carbocycles. The molecular weight excluding hydrogens is 480 g/mol. The van der Waals surface area contributed by atoms with Crippen molar-refractivity contribution in [1.29, 1.82) is 0 Å². The number of benzene rings is 1. The van der Waals surface area contributed by atoms with Gasteiger partial charge in [0.15, 0.2) is 11.5 Å². The lowest BCUT2D eigenvalue weighted by Gasteiger charge is -2.41. The Labute approximate surface area is 220 Å². The molecule has 3 fully saturated rings. The van der Waals surface area contributed by atoms with Gasteiger partial charge in [-0.3, -0.25) is 0 Å². The highest BCUT2D eigenvalue weighted by Gasteiger charge is 2.35. The van der Waals surface area contributed by atoms with Crippen LogP contribution >= 0.6 is 0 Å². The van der Waals surface area contributed by atoms with E-state index in [0.29, 0.717) is 12.0 Å². The maximum Gasteiger partial charge on any atom is 0.419 e. The molecule has 37 heavy (non-hydrogen) atoms. The summed E-state index contributed by atoms with van der Waals surface area (Å²) in [7, 11) is 1.18. The van der Waals surface area contributed by atoms with Gasteiger partial charge >= 0.3 is 6.11 Å². The van der Waals surface area contributed by atoms with Gasteiger partial charge in [-0.05, 0) is 112 Å². The van der Waals surface area contributed by atoms with Crippen LogP contribution in [0.5, 0.6) is 11.5 Å². The number of allylic oxidation sites excluding steroid dienone is 1. The van der Waals surface area contributed by atoms with Crippen LogP contribution in [0, 0.1) is 47.1 Å². The average Bonchev–Trinajstić information content (AvgIpc) is 2.91. The maximum atomic E-state index is 14.3. The molecule has 4 rings (SSSR count). The van der Waals surface area contributed by atoms with Crippen molar-refractivity contribution in [2.24, 2.45) is 35.5 Å². The Morgan fingerprint density at radius 3 is 1.73 bits per heavy atom. The fraction of sp³-hybridized carbons (Fsp3) is 0.742. The number of ether oxygens (including phenoxy) is 2. The standard InChI is InChI=1S/C31H44F4O2/c1-3-4-21-5-9-23(10-6-21)25-13-15-26(16-14-25)24-11-7-22(8-12-24)19-20-31(34,35)37-28-18-17-27(36-2)29(32)30(28)33/h17-26H,3-16H2,1-2H3. The summed E-state index contributed by atoms with van der Waals surface area (Å²) in [6.07, 6.45) is 16.3. The van der Waals surface area contributed by atoms with E-state index in [2.05, 4.69) is 16.4 Å². The van der Waals surface area contributed by atoms with Crippen molar-refractivity contribution in [3.05, 3.63) is 35.9 Å². The molecular formula is C31H44F4O2.